The van der Waals surface area contributed by atoms with Gasteiger partial charge in [-0.2, -0.15) is 0 Å². The molecule has 0 saturated carbocycles. The standard InChI is InChI=1S/C15H14N2OS/c1-2-5-12(6-3-1)9-16-11-15-17-10-14(19-15)13-7-4-8-18-13/h1-8,10,16H,9,11H2. The van der Waals surface area contributed by atoms with E-state index in [2.05, 4.69) is 34.6 Å². The van der Waals surface area contributed by atoms with Gasteiger partial charge in [0.2, 0.25) is 0 Å². The molecule has 2 aromatic heterocycles. The molecule has 96 valence electrons. The van der Waals surface area contributed by atoms with Crippen molar-refractivity contribution in [3.63, 3.8) is 0 Å². The summed E-state index contributed by atoms with van der Waals surface area (Å²) in [5.74, 6) is 0.881. The predicted octanol–water partition coefficient (Wildman–Crippen LogP) is 3.69. The number of nitrogens with one attached hydrogen (secondary N) is 1. The number of hydrogen-bond donors (Lipinski definition) is 1. The molecule has 2 heterocycles. The van der Waals surface area contributed by atoms with E-state index in [1.807, 2.05) is 24.4 Å². The summed E-state index contributed by atoms with van der Waals surface area (Å²) in [6.07, 6.45) is 3.55. The van der Waals surface area contributed by atoms with E-state index in [0.29, 0.717) is 0 Å². The van der Waals surface area contributed by atoms with Crippen LogP contribution in [0, 0.1) is 0 Å². The molecule has 19 heavy (non-hydrogen) atoms. The molecule has 0 radical (unpaired) electrons. The second-order valence-electron chi connectivity index (χ2n) is 4.18. The SMILES string of the molecule is c1ccc(CNCc2ncc(-c3ccco3)s2)cc1. The van der Waals surface area contributed by atoms with E-state index in [9.17, 15) is 0 Å². The van der Waals surface area contributed by atoms with Crippen LogP contribution in [0.4, 0.5) is 0 Å². The third-order valence-corrected chi connectivity index (χ3v) is 3.78. The van der Waals surface area contributed by atoms with Gasteiger partial charge in [-0.1, -0.05) is 30.3 Å². The summed E-state index contributed by atoms with van der Waals surface area (Å²) >= 11 is 1.66. The van der Waals surface area contributed by atoms with Gasteiger partial charge in [-0.05, 0) is 17.7 Å². The van der Waals surface area contributed by atoms with Crippen LogP contribution in [-0.4, -0.2) is 4.98 Å². The Hall–Kier alpha value is -1.91. The van der Waals surface area contributed by atoms with Crippen molar-refractivity contribution in [1.82, 2.24) is 10.3 Å². The molecule has 0 aliphatic carbocycles. The summed E-state index contributed by atoms with van der Waals surface area (Å²) in [5, 5.41) is 4.47. The Morgan fingerprint density at radius 2 is 1.95 bits per heavy atom. The molecule has 0 unspecified atom stereocenters. The minimum Gasteiger partial charge on any atom is -0.463 e. The van der Waals surface area contributed by atoms with E-state index in [-0.39, 0.29) is 0 Å². The fourth-order valence-electron chi connectivity index (χ4n) is 1.83. The van der Waals surface area contributed by atoms with Crippen LogP contribution in [0.5, 0.6) is 0 Å². The molecule has 0 atom stereocenters. The number of nitrogens with zero attached hydrogens (tertiary/aromatic N) is 1. The molecule has 3 rings (SSSR count). The lowest BCUT2D eigenvalue weighted by molar-refractivity contribution is 0.583. The molecule has 4 heteroatoms. The highest BCUT2D eigenvalue weighted by atomic mass is 32.1. The molecular weight excluding hydrogens is 256 g/mol. The van der Waals surface area contributed by atoms with Crippen molar-refractivity contribution in [3.05, 3.63) is 65.5 Å². The van der Waals surface area contributed by atoms with Crippen molar-refractivity contribution in [3.8, 4) is 10.6 Å². The number of rotatable bonds is 5. The lowest BCUT2D eigenvalue weighted by Crippen LogP contribution is -2.12. The number of hydrogen-bond acceptors (Lipinski definition) is 4. The molecule has 0 aliphatic heterocycles. The monoisotopic (exact) mass is 270 g/mol. The normalized spacial score (nSPS) is 10.7. The maximum atomic E-state index is 5.36. The zero-order valence-corrected chi connectivity index (χ0v) is 11.2. The van der Waals surface area contributed by atoms with Gasteiger partial charge in [-0.15, -0.1) is 11.3 Å². The largest absolute Gasteiger partial charge is 0.463 e. The third kappa shape index (κ3) is 3.10. The maximum Gasteiger partial charge on any atom is 0.145 e. The first-order valence-corrected chi connectivity index (χ1v) is 6.97. The first-order valence-electron chi connectivity index (χ1n) is 6.15. The summed E-state index contributed by atoms with van der Waals surface area (Å²) in [7, 11) is 0. The van der Waals surface area contributed by atoms with Gasteiger partial charge in [0.25, 0.3) is 0 Å². The first-order chi connectivity index (χ1) is 9.42. The van der Waals surface area contributed by atoms with Gasteiger partial charge in [0.1, 0.15) is 10.8 Å². The molecular formula is C15H14N2OS. The quantitative estimate of drug-likeness (QED) is 0.768. The molecule has 1 N–H and O–H groups in total. The van der Waals surface area contributed by atoms with Gasteiger partial charge in [-0.3, -0.25) is 0 Å². The van der Waals surface area contributed by atoms with Crippen LogP contribution < -0.4 is 5.32 Å². The van der Waals surface area contributed by atoms with E-state index in [4.69, 9.17) is 4.42 Å². The van der Waals surface area contributed by atoms with Crippen LogP contribution in [0.2, 0.25) is 0 Å². The van der Waals surface area contributed by atoms with E-state index < -0.39 is 0 Å². The second-order valence-corrected chi connectivity index (χ2v) is 5.30. The van der Waals surface area contributed by atoms with E-state index in [1.165, 1.54) is 5.56 Å². The molecule has 0 aliphatic rings. The van der Waals surface area contributed by atoms with Crippen molar-refractivity contribution in [2.75, 3.05) is 0 Å². The molecule has 0 amide bonds. The van der Waals surface area contributed by atoms with Crippen LogP contribution in [0.15, 0.2) is 59.3 Å². The van der Waals surface area contributed by atoms with Crippen molar-refractivity contribution in [1.29, 1.82) is 0 Å². The Kier molecular flexibility index (Phi) is 3.72. The van der Waals surface area contributed by atoms with E-state index in [1.54, 1.807) is 17.6 Å². The van der Waals surface area contributed by atoms with Gasteiger partial charge >= 0.3 is 0 Å². The number of thiazole rings is 1. The number of aromatic nitrogens is 1. The van der Waals surface area contributed by atoms with Gasteiger partial charge in [0.15, 0.2) is 0 Å². The summed E-state index contributed by atoms with van der Waals surface area (Å²) in [5.41, 5.74) is 1.28. The van der Waals surface area contributed by atoms with Crippen LogP contribution in [-0.2, 0) is 13.1 Å². The lowest BCUT2D eigenvalue weighted by Gasteiger charge is -2.01. The Balaban J connectivity index is 1.56. The van der Waals surface area contributed by atoms with Crippen LogP contribution in [0.1, 0.15) is 10.6 Å². The van der Waals surface area contributed by atoms with Crippen molar-refractivity contribution < 1.29 is 4.42 Å². The molecule has 1 aromatic carbocycles. The molecule has 0 spiro atoms. The average Bonchev–Trinajstić information content (AvgIpc) is 3.10. The smallest absolute Gasteiger partial charge is 0.145 e. The Morgan fingerprint density at radius 1 is 1.05 bits per heavy atom. The van der Waals surface area contributed by atoms with E-state index >= 15 is 0 Å². The second kappa shape index (κ2) is 5.82. The van der Waals surface area contributed by atoms with Crippen LogP contribution in [0.25, 0.3) is 10.6 Å². The van der Waals surface area contributed by atoms with Crippen molar-refractivity contribution >= 4 is 11.3 Å². The minimum atomic E-state index is 0.778. The summed E-state index contributed by atoms with van der Waals surface area (Å²) in [4.78, 5) is 5.47. The van der Waals surface area contributed by atoms with Gasteiger partial charge in [0, 0.05) is 19.3 Å². The summed E-state index contributed by atoms with van der Waals surface area (Å²) in [6.45, 7) is 1.64. The van der Waals surface area contributed by atoms with Gasteiger partial charge < -0.3 is 9.73 Å². The summed E-state index contributed by atoms with van der Waals surface area (Å²) in [6, 6.07) is 14.2. The van der Waals surface area contributed by atoms with Crippen molar-refractivity contribution in [2.45, 2.75) is 13.1 Å². The Bertz CT molecular complexity index is 617. The number of benzene rings is 1. The fourth-order valence-corrected chi connectivity index (χ4v) is 2.69. The van der Waals surface area contributed by atoms with Crippen molar-refractivity contribution in [2.24, 2.45) is 0 Å². The minimum absolute atomic E-state index is 0.778. The fraction of sp³-hybridized carbons (Fsp3) is 0.133. The topological polar surface area (TPSA) is 38.1 Å². The van der Waals surface area contributed by atoms with Crippen LogP contribution in [0.3, 0.4) is 0 Å². The highest BCUT2D eigenvalue weighted by Gasteiger charge is 2.06. The first kappa shape index (κ1) is 12.1. The zero-order valence-electron chi connectivity index (χ0n) is 10.4. The van der Waals surface area contributed by atoms with Crippen LogP contribution >= 0.6 is 11.3 Å². The molecule has 3 nitrogen and oxygen atoms in total. The Labute approximate surface area is 115 Å². The molecule has 0 bridgehead atoms. The van der Waals surface area contributed by atoms with Gasteiger partial charge in [-0.25, -0.2) is 4.98 Å². The summed E-state index contributed by atoms with van der Waals surface area (Å²) < 4.78 is 5.36. The number of furan rings is 1. The third-order valence-electron chi connectivity index (χ3n) is 2.77. The highest BCUT2D eigenvalue weighted by molar-refractivity contribution is 7.15. The Morgan fingerprint density at radius 3 is 2.74 bits per heavy atom. The lowest BCUT2D eigenvalue weighted by atomic mass is 10.2. The maximum absolute atomic E-state index is 5.36. The average molecular weight is 270 g/mol. The molecule has 0 saturated heterocycles. The van der Waals surface area contributed by atoms with E-state index in [0.717, 1.165) is 28.7 Å². The molecule has 3 aromatic rings. The highest BCUT2D eigenvalue weighted by Crippen LogP contribution is 2.26. The molecule has 0 fully saturated rings. The zero-order chi connectivity index (χ0) is 12.9. The van der Waals surface area contributed by atoms with Gasteiger partial charge in [0.05, 0.1) is 11.1 Å². The predicted molar refractivity (Wildman–Crippen MR) is 76.8 cm³/mol.